The second-order valence-electron chi connectivity index (χ2n) is 9.50. The predicted octanol–water partition coefficient (Wildman–Crippen LogP) is 0.775. The molecule has 8 nitrogen and oxygen atoms in total. The number of hydrogen-bond acceptors (Lipinski definition) is 6. The summed E-state index contributed by atoms with van der Waals surface area (Å²) >= 11 is 0. The zero-order chi connectivity index (χ0) is 19.3. The van der Waals surface area contributed by atoms with E-state index in [1.807, 2.05) is 27.0 Å². The van der Waals surface area contributed by atoms with E-state index in [1.165, 1.54) is 0 Å². The summed E-state index contributed by atoms with van der Waals surface area (Å²) < 4.78 is 1.68. The van der Waals surface area contributed by atoms with Crippen molar-refractivity contribution in [2.45, 2.75) is 89.3 Å². The van der Waals surface area contributed by atoms with Crippen LogP contribution in [-0.2, 0) is 4.79 Å². The Balaban J connectivity index is 1.57. The zero-order valence-electron chi connectivity index (χ0n) is 16.4. The fourth-order valence-electron chi connectivity index (χ4n) is 4.02. The van der Waals surface area contributed by atoms with Gasteiger partial charge in [-0.2, -0.15) is 0 Å². The summed E-state index contributed by atoms with van der Waals surface area (Å²) in [7, 11) is 0. The first-order chi connectivity index (χ1) is 12.7. The average Bonchev–Trinajstić information content (AvgIpc) is 3.50. The molecule has 3 N–H and O–H groups in total. The fraction of sp³-hybridized carbons (Fsp3) is 0.842. The van der Waals surface area contributed by atoms with Crippen LogP contribution in [0.2, 0.25) is 0 Å². The number of nitrogens with one attached hydrogen (secondary N) is 1. The van der Waals surface area contributed by atoms with E-state index in [-0.39, 0.29) is 17.9 Å². The van der Waals surface area contributed by atoms with Crippen molar-refractivity contribution in [2.24, 2.45) is 5.41 Å². The van der Waals surface area contributed by atoms with E-state index in [2.05, 4.69) is 15.6 Å². The smallest absolute Gasteiger partial charge is 0.248 e. The molecule has 1 aromatic rings. The molecule has 1 aliphatic heterocycles. The lowest BCUT2D eigenvalue weighted by Crippen LogP contribution is -2.52. The Labute approximate surface area is 159 Å². The molecule has 150 valence electrons. The Kier molecular flexibility index (Phi) is 4.76. The number of carbonyl (C=O) groups excluding carboxylic acids is 1. The van der Waals surface area contributed by atoms with Gasteiger partial charge in [0.1, 0.15) is 12.3 Å². The van der Waals surface area contributed by atoms with Crippen molar-refractivity contribution in [1.82, 2.24) is 25.2 Å². The summed E-state index contributed by atoms with van der Waals surface area (Å²) in [5.41, 5.74) is 0.573. The highest BCUT2D eigenvalue weighted by molar-refractivity contribution is 5.82. The van der Waals surface area contributed by atoms with E-state index in [4.69, 9.17) is 0 Å². The molecule has 3 aliphatic rings. The van der Waals surface area contributed by atoms with Gasteiger partial charge < -0.3 is 15.1 Å². The Bertz CT molecular complexity index is 692. The number of hydrogen-bond donors (Lipinski definition) is 3. The van der Waals surface area contributed by atoms with Crippen LogP contribution in [0.3, 0.4) is 0 Å². The summed E-state index contributed by atoms with van der Waals surface area (Å²) in [5.74, 6) is 0.355. The van der Waals surface area contributed by atoms with E-state index < -0.39 is 24.4 Å². The van der Waals surface area contributed by atoms with E-state index in [9.17, 15) is 15.0 Å². The van der Waals surface area contributed by atoms with Gasteiger partial charge in [-0.25, -0.2) is 4.68 Å². The molecule has 27 heavy (non-hydrogen) atoms. The van der Waals surface area contributed by atoms with Gasteiger partial charge in [0.25, 0.3) is 0 Å². The normalized spacial score (nSPS) is 28.4. The molecule has 8 heteroatoms. The van der Waals surface area contributed by atoms with Gasteiger partial charge >= 0.3 is 0 Å². The molecular weight excluding hydrogens is 346 g/mol. The average molecular weight is 377 g/mol. The number of rotatable bonds is 6. The monoisotopic (exact) mass is 377 g/mol. The molecule has 4 atom stereocenters. The van der Waals surface area contributed by atoms with E-state index in [0.717, 1.165) is 31.4 Å². The number of likely N-dealkylation sites (tertiary alicyclic amines) is 1. The molecule has 1 unspecified atom stereocenters. The molecule has 0 spiro atoms. The van der Waals surface area contributed by atoms with Crippen LogP contribution in [0.15, 0.2) is 6.20 Å². The van der Waals surface area contributed by atoms with Gasteiger partial charge in [0.2, 0.25) is 5.91 Å². The van der Waals surface area contributed by atoms with Crippen molar-refractivity contribution in [3.05, 3.63) is 11.9 Å². The predicted molar refractivity (Wildman–Crippen MR) is 98.8 cm³/mol. The summed E-state index contributed by atoms with van der Waals surface area (Å²) in [6.45, 7) is 6.26. The van der Waals surface area contributed by atoms with Gasteiger partial charge in [0.05, 0.1) is 17.8 Å². The minimum absolute atomic E-state index is 0.118. The van der Waals surface area contributed by atoms with Crippen molar-refractivity contribution in [2.75, 3.05) is 6.54 Å². The molecule has 3 fully saturated rings. The number of β-amino-alcohol motifs (C(OH)–C–C–N with tert-alkyl or cyclic N) is 1. The molecule has 4 rings (SSSR count). The Morgan fingerprint density at radius 1 is 1.30 bits per heavy atom. The van der Waals surface area contributed by atoms with Crippen molar-refractivity contribution >= 4 is 5.91 Å². The van der Waals surface area contributed by atoms with Gasteiger partial charge in [0.15, 0.2) is 0 Å². The van der Waals surface area contributed by atoms with Gasteiger partial charge in [-0.05, 0) is 37.5 Å². The largest absolute Gasteiger partial charge is 0.391 e. The lowest BCUT2D eigenvalue weighted by Gasteiger charge is -2.36. The first-order valence-electron chi connectivity index (χ1n) is 10.1. The number of amides is 1. The molecule has 1 amide bonds. The SMILES string of the molecule is CC(C)(C)[C@@H](C(=O)N1C[C@H](O)C[C@H]1C(O)NC1CC1)n1cc(C2CC2)nn1. The van der Waals surface area contributed by atoms with Crippen LogP contribution in [0.25, 0.3) is 0 Å². The van der Waals surface area contributed by atoms with E-state index >= 15 is 0 Å². The van der Waals surface area contributed by atoms with Crippen LogP contribution in [-0.4, -0.2) is 67.0 Å². The lowest BCUT2D eigenvalue weighted by molar-refractivity contribution is -0.142. The first-order valence-corrected chi connectivity index (χ1v) is 10.1. The molecular formula is C19H31N5O3. The van der Waals surface area contributed by atoms with Crippen LogP contribution >= 0.6 is 0 Å². The molecule has 0 bridgehead atoms. The van der Waals surface area contributed by atoms with Crippen LogP contribution in [0.1, 0.15) is 70.5 Å². The highest BCUT2D eigenvalue weighted by atomic mass is 16.3. The van der Waals surface area contributed by atoms with Crippen molar-refractivity contribution < 1.29 is 15.0 Å². The topological polar surface area (TPSA) is 104 Å². The third kappa shape index (κ3) is 4.02. The molecule has 0 aromatic carbocycles. The van der Waals surface area contributed by atoms with Crippen molar-refractivity contribution in [3.8, 4) is 0 Å². The minimum atomic E-state index is -0.822. The number of aromatic nitrogens is 3. The molecule has 2 saturated carbocycles. The molecule has 0 radical (unpaired) electrons. The Morgan fingerprint density at radius 2 is 2.00 bits per heavy atom. The summed E-state index contributed by atoms with van der Waals surface area (Å²) in [4.78, 5) is 15.2. The van der Waals surface area contributed by atoms with Crippen molar-refractivity contribution in [1.29, 1.82) is 0 Å². The zero-order valence-corrected chi connectivity index (χ0v) is 16.4. The molecule has 2 heterocycles. The van der Waals surface area contributed by atoms with Crippen LogP contribution in [0, 0.1) is 5.41 Å². The van der Waals surface area contributed by atoms with E-state index in [0.29, 0.717) is 18.4 Å². The fourth-order valence-corrected chi connectivity index (χ4v) is 4.02. The minimum Gasteiger partial charge on any atom is -0.391 e. The van der Waals surface area contributed by atoms with Gasteiger partial charge in [0, 0.05) is 24.7 Å². The first kappa shape index (κ1) is 18.8. The maximum atomic E-state index is 13.5. The molecule has 1 saturated heterocycles. The molecule has 2 aliphatic carbocycles. The Morgan fingerprint density at radius 3 is 2.59 bits per heavy atom. The lowest BCUT2D eigenvalue weighted by atomic mass is 9.85. The van der Waals surface area contributed by atoms with E-state index in [1.54, 1.807) is 9.58 Å². The van der Waals surface area contributed by atoms with Gasteiger partial charge in [-0.3, -0.25) is 10.1 Å². The second-order valence-corrected chi connectivity index (χ2v) is 9.50. The standard InChI is InChI=1S/C19H31N5O3/c1-19(2,3)16(24-10-14(21-22-24)11-4-5-11)18(27)23-9-13(25)8-15(23)17(26)20-12-6-7-12/h10-13,15-17,20,25-26H,4-9H2,1-3H3/t13-,15+,16-,17?/m1/s1. The maximum absolute atomic E-state index is 13.5. The maximum Gasteiger partial charge on any atom is 0.248 e. The Hall–Kier alpha value is -1.51. The second kappa shape index (κ2) is 6.83. The molecule has 1 aromatic heterocycles. The van der Waals surface area contributed by atoms with Crippen LogP contribution in [0.5, 0.6) is 0 Å². The number of aliphatic hydroxyl groups is 2. The highest BCUT2D eigenvalue weighted by Gasteiger charge is 2.45. The summed E-state index contributed by atoms with van der Waals surface area (Å²) in [5, 5.41) is 32.5. The van der Waals surface area contributed by atoms with Crippen molar-refractivity contribution in [3.63, 3.8) is 0 Å². The van der Waals surface area contributed by atoms with Gasteiger partial charge in [-0.15, -0.1) is 5.10 Å². The number of carbonyl (C=O) groups is 1. The highest BCUT2D eigenvalue weighted by Crippen LogP contribution is 2.40. The summed E-state index contributed by atoms with van der Waals surface area (Å²) in [6, 6.07) is -0.632. The summed E-state index contributed by atoms with van der Waals surface area (Å²) in [6.07, 6.45) is 5.20. The van der Waals surface area contributed by atoms with Crippen LogP contribution < -0.4 is 5.32 Å². The number of aliphatic hydroxyl groups excluding tert-OH is 2. The quantitative estimate of drug-likeness (QED) is 0.633. The third-order valence-electron chi connectivity index (χ3n) is 5.80. The third-order valence-corrected chi connectivity index (χ3v) is 5.80. The number of nitrogens with zero attached hydrogens (tertiary/aromatic N) is 4. The van der Waals surface area contributed by atoms with Gasteiger partial charge in [-0.1, -0.05) is 26.0 Å². The van der Waals surface area contributed by atoms with Crippen LogP contribution in [0.4, 0.5) is 0 Å².